The lowest BCUT2D eigenvalue weighted by molar-refractivity contribution is -0.141. The van der Waals surface area contributed by atoms with Gasteiger partial charge in [0.15, 0.2) is 11.0 Å². The summed E-state index contributed by atoms with van der Waals surface area (Å²) in [4.78, 5) is 29.9. The number of piperazine rings is 1. The highest BCUT2D eigenvalue weighted by Crippen LogP contribution is 2.30. The highest BCUT2D eigenvalue weighted by Gasteiger charge is 2.30. The van der Waals surface area contributed by atoms with E-state index in [1.165, 1.54) is 37.4 Å². The van der Waals surface area contributed by atoms with Crippen molar-refractivity contribution < 1.29 is 9.59 Å². The van der Waals surface area contributed by atoms with Gasteiger partial charge in [0.2, 0.25) is 11.8 Å². The number of amides is 2. The van der Waals surface area contributed by atoms with Crippen LogP contribution in [0, 0.1) is 5.92 Å². The number of aromatic nitrogens is 3. The van der Waals surface area contributed by atoms with Crippen LogP contribution >= 0.6 is 11.8 Å². The molecule has 0 bridgehead atoms. The van der Waals surface area contributed by atoms with Gasteiger partial charge in [0.1, 0.15) is 0 Å². The maximum Gasteiger partial charge on any atom is 0.233 e. The first kappa shape index (κ1) is 25.5. The molecule has 1 atom stereocenters. The van der Waals surface area contributed by atoms with E-state index < -0.39 is 0 Å². The molecule has 194 valence electrons. The van der Waals surface area contributed by atoms with Crippen molar-refractivity contribution in [2.24, 2.45) is 5.92 Å². The number of hydrogen-bond donors (Lipinski definition) is 0. The Kier molecular flexibility index (Phi) is 8.24. The average Bonchev–Trinajstić information content (AvgIpc) is 3.61. The van der Waals surface area contributed by atoms with E-state index in [0.717, 1.165) is 29.4 Å². The van der Waals surface area contributed by atoms with Crippen LogP contribution in [0.25, 0.3) is 17.1 Å². The van der Waals surface area contributed by atoms with E-state index in [1.54, 1.807) is 0 Å². The molecular formula is C29H35N5O2S. The molecule has 1 aromatic heterocycles. The zero-order valence-corrected chi connectivity index (χ0v) is 22.3. The Morgan fingerprint density at radius 1 is 0.919 bits per heavy atom. The SMILES string of the molecule is CC1CN(C(=O)CSc2nnc(-c3ccccc3)n2-c2ccccc2)CCN1C(=O)CCC1CCCC1. The van der Waals surface area contributed by atoms with Crippen LogP contribution in [0.1, 0.15) is 45.4 Å². The number of benzene rings is 2. The first-order valence-corrected chi connectivity index (χ1v) is 14.3. The van der Waals surface area contributed by atoms with Gasteiger partial charge in [-0.3, -0.25) is 14.2 Å². The molecule has 7 nitrogen and oxygen atoms in total. The smallest absolute Gasteiger partial charge is 0.233 e. The third kappa shape index (κ3) is 6.06. The molecule has 3 aromatic rings. The first-order chi connectivity index (χ1) is 18.1. The predicted octanol–water partition coefficient (Wildman–Crippen LogP) is 5.06. The molecule has 1 aliphatic carbocycles. The molecule has 0 N–H and O–H groups in total. The second-order valence-electron chi connectivity index (χ2n) is 10.1. The fourth-order valence-corrected chi connectivity index (χ4v) is 6.34. The molecule has 1 aliphatic heterocycles. The Labute approximate surface area is 223 Å². The van der Waals surface area contributed by atoms with Crippen LogP contribution in [0.5, 0.6) is 0 Å². The number of nitrogens with zero attached hydrogens (tertiary/aromatic N) is 5. The van der Waals surface area contributed by atoms with Gasteiger partial charge in [-0.1, -0.05) is 86.0 Å². The van der Waals surface area contributed by atoms with Gasteiger partial charge >= 0.3 is 0 Å². The summed E-state index contributed by atoms with van der Waals surface area (Å²) >= 11 is 1.41. The van der Waals surface area contributed by atoms with Gasteiger partial charge in [-0.15, -0.1) is 10.2 Å². The van der Waals surface area contributed by atoms with E-state index >= 15 is 0 Å². The summed E-state index contributed by atoms with van der Waals surface area (Å²) in [7, 11) is 0. The number of carbonyl (C=O) groups excluding carboxylic acids is 2. The van der Waals surface area contributed by atoms with Crippen molar-refractivity contribution in [2.45, 2.75) is 56.6 Å². The highest BCUT2D eigenvalue weighted by atomic mass is 32.2. The number of rotatable bonds is 8. The molecule has 2 fully saturated rings. The van der Waals surface area contributed by atoms with Crippen molar-refractivity contribution in [3.05, 3.63) is 60.7 Å². The van der Waals surface area contributed by atoms with Gasteiger partial charge in [0, 0.05) is 43.3 Å². The van der Waals surface area contributed by atoms with Gasteiger partial charge in [-0.25, -0.2) is 0 Å². The molecule has 2 heterocycles. The van der Waals surface area contributed by atoms with E-state index in [1.807, 2.05) is 75.0 Å². The predicted molar refractivity (Wildman–Crippen MR) is 146 cm³/mol. The van der Waals surface area contributed by atoms with Gasteiger partial charge in [-0.05, 0) is 31.4 Å². The zero-order chi connectivity index (χ0) is 25.6. The number of carbonyl (C=O) groups is 2. The maximum absolute atomic E-state index is 13.2. The summed E-state index contributed by atoms with van der Waals surface area (Å²) in [6.45, 7) is 3.83. The Morgan fingerprint density at radius 3 is 2.32 bits per heavy atom. The van der Waals surface area contributed by atoms with E-state index in [4.69, 9.17) is 0 Å². The monoisotopic (exact) mass is 517 g/mol. The number of thioether (sulfide) groups is 1. The van der Waals surface area contributed by atoms with Crippen LogP contribution in [0.15, 0.2) is 65.8 Å². The lowest BCUT2D eigenvalue weighted by atomic mass is 10.0. The minimum Gasteiger partial charge on any atom is -0.338 e. The molecule has 1 unspecified atom stereocenters. The number of hydrogen-bond acceptors (Lipinski definition) is 5. The Bertz CT molecular complexity index is 1190. The molecule has 1 saturated heterocycles. The zero-order valence-electron chi connectivity index (χ0n) is 21.5. The quantitative estimate of drug-likeness (QED) is 0.391. The van der Waals surface area contributed by atoms with Crippen molar-refractivity contribution in [3.63, 3.8) is 0 Å². The Balaban J connectivity index is 1.20. The molecule has 2 aliphatic rings. The minimum atomic E-state index is 0.0384. The molecule has 0 radical (unpaired) electrons. The van der Waals surface area contributed by atoms with Crippen LogP contribution in [0.3, 0.4) is 0 Å². The van der Waals surface area contributed by atoms with Crippen LogP contribution in [-0.4, -0.2) is 67.8 Å². The third-order valence-corrected chi connectivity index (χ3v) is 8.46. The fraction of sp³-hybridized carbons (Fsp3) is 0.448. The molecule has 0 spiro atoms. The maximum atomic E-state index is 13.2. The number of para-hydroxylation sites is 1. The van der Waals surface area contributed by atoms with Gasteiger partial charge in [0.25, 0.3) is 0 Å². The fourth-order valence-electron chi connectivity index (χ4n) is 5.49. The van der Waals surface area contributed by atoms with Gasteiger partial charge < -0.3 is 9.80 Å². The van der Waals surface area contributed by atoms with Crippen molar-refractivity contribution >= 4 is 23.6 Å². The van der Waals surface area contributed by atoms with Crippen LogP contribution in [0.2, 0.25) is 0 Å². The topological polar surface area (TPSA) is 71.3 Å². The Hall–Kier alpha value is -3.13. The van der Waals surface area contributed by atoms with Crippen molar-refractivity contribution in [1.82, 2.24) is 24.6 Å². The molecular weight excluding hydrogens is 482 g/mol. The molecule has 37 heavy (non-hydrogen) atoms. The summed E-state index contributed by atoms with van der Waals surface area (Å²) in [6, 6.07) is 20.0. The summed E-state index contributed by atoms with van der Waals surface area (Å²) in [6.07, 6.45) is 6.81. The van der Waals surface area contributed by atoms with Gasteiger partial charge in [-0.2, -0.15) is 0 Å². The molecule has 5 rings (SSSR count). The van der Waals surface area contributed by atoms with Crippen LogP contribution in [-0.2, 0) is 9.59 Å². The standard InChI is InChI=1S/C29H35N5O2S/c1-22-20-32(18-19-33(22)26(35)17-16-23-10-8-9-11-23)27(36)21-37-29-31-30-28(24-12-4-2-5-13-24)34(29)25-14-6-3-7-15-25/h2-7,12-15,22-23H,8-11,16-21H2,1H3. The Morgan fingerprint density at radius 2 is 1.62 bits per heavy atom. The molecule has 8 heteroatoms. The first-order valence-electron chi connectivity index (χ1n) is 13.4. The lowest BCUT2D eigenvalue weighted by Gasteiger charge is -2.40. The third-order valence-electron chi connectivity index (χ3n) is 7.55. The summed E-state index contributed by atoms with van der Waals surface area (Å²) < 4.78 is 2.01. The second kappa shape index (κ2) is 11.9. The average molecular weight is 518 g/mol. The normalized spacial score (nSPS) is 18.4. The highest BCUT2D eigenvalue weighted by molar-refractivity contribution is 7.99. The van der Waals surface area contributed by atoms with Crippen LogP contribution < -0.4 is 0 Å². The molecule has 2 amide bonds. The van der Waals surface area contributed by atoms with Crippen LogP contribution in [0.4, 0.5) is 0 Å². The van der Waals surface area contributed by atoms with Crippen molar-refractivity contribution in [2.75, 3.05) is 25.4 Å². The molecule has 1 saturated carbocycles. The van der Waals surface area contributed by atoms with Crippen molar-refractivity contribution in [3.8, 4) is 17.1 Å². The summed E-state index contributed by atoms with van der Waals surface area (Å²) in [5.41, 5.74) is 1.93. The largest absolute Gasteiger partial charge is 0.338 e. The molecule has 2 aromatic carbocycles. The van der Waals surface area contributed by atoms with Gasteiger partial charge in [0.05, 0.1) is 5.75 Å². The minimum absolute atomic E-state index is 0.0384. The van der Waals surface area contributed by atoms with E-state index in [-0.39, 0.29) is 23.6 Å². The summed E-state index contributed by atoms with van der Waals surface area (Å²) in [5.74, 6) is 2.06. The van der Waals surface area contributed by atoms with E-state index in [2.05, 4.69) is 17.1 Å². The second-order valence-corrected chi connectivity index (χ2v) is 11.0. The van der Waals surface area contributed by atoms with E-state index in [9.17, 15) is 9.59 Å². The summed E-state index contributed by atoms with van der Waals surface area (Å²) in [5, 5.41) is 9.59. The van der Waals surface area contributed by atoms with E-state index in [0.29, 0.717) is 31.2 Å². The van der Waals surface area contributed by atoms with Crippen molar-refractivity contribution in [1.29, 1.82) is 0 Å². The lowest BCUT2D eigenvalue weighted by Crippen LogP contribution is -2.55.